The molecular formula is C13H13BrN2S. The van der Waals surface area contributed by atoms with Crippen LogP contribution in [0.4, 0.5) is 5.13 Å². The Morgan fingerprint density at radius 1 is 1.35 bits per heavy atom. The molecule has 0 spiro atoms. The number of rotatable bonds is 3. The predicted octanol–water partition coefficient (Wildman–Crippen LogP) is 3.96. The summed E-state index contributed by atoms with van der Waals surface area (Å²) in [6.45, 7) is 0. The first-order chi connectivity index (χ1) is 8.24. The average molecular weight is 309 g/mol. The Kier molecular flexibility index (Phi) is 2.92. The lowest BCUT2D eigenvalue weighted by Crippen LogP contribution is -1.92. The Bertz CT molecular complexity index is 546. The summed E-state index contributed by atoms with van der Waals surface area (Å²) in [5.74, 6) is 0.668. The van der Waals surface area contributed by atoms with Gasteiger partial charge in [0.25, 0.3) is 0 Å². The number of thiazole rings is 1. The van der Waals surface area contributed by atoms with Gasteiger partial charge in [-0.25, -0.2) is 4.98 Å². The predicted molar refractivity (Wildman–Crippen MR) is 75.4 cm³/mol. The summed E-state index contributed by atoms with van der Waals surface area (Å²) in [6.07, 6.45) is 3.47. The molecule has 1 fully saturated rings. The molecule has 4 heteroatoms. The zero-order chi connectivity index (χ0) is 11.8. The number of nitrogens with zero attached hydrogens (tertiary/aromatic N) is 1. The van der Waals surface area contributed by atoms with Gasteiger partial charge in [0, 0.05) is 21.7 Å². The van der Waals surface area contributed by atoms with Crippen LogP contribution in [-0.2, 0) is 6.42 Å². The molecule has 1 heterocycles. The van der Waals surface area contributed by atoms with E-state index in [0.29, 0.717) is 11.0 Å². The number of hydrogen-bond donors (Lipinski definition) is 1. The van der Waals surface area contributed by atoms with Gasteiger partial charge < -0.3 is 5.73 Å². The molecule has 0 amide bonds. The normalized spacial score (nSPS) is 15.1. The molecule has 0 atom stereocenters. The fraction of sp³-hybridized carbons (Fsp3) is 0.308. The van der Waals surface area contributed by atoms with Gasteiger partial charge in [-0.2, -0.15) is 0 Å². The van der Waals surface area contributed by atoms with Crippen LogP contribution in [0.3, 0.4) is 0 Å². The van der Waals surface area contributed by atoms with Gasteiger partial charge in [-0.15, -0.1) is 11.3 Å². The molecular weight excluding hydrogens is 296 g/mol. The smallest absolute Gasteiger partial charge is 0.180 e. The maximum atomic E-state index is 5.83. The van der Waals surface area contributed by atoms with Crippen LogP contribution >= 0.6 is 27.3 Å². The van der Waals surface area contributed by atoms with Crippen molar-refractivity contribution in [3.05, 3.63) is 44.9 Å². The number of aromatic nitrogens is 1. The van der Waals surface area contributed by atoms with Crippen molar-refractivity contribution >= 4 is 32.4 Å². The third kappa shape index (κ3) is 2.38. The van der Waals surface area contributed by atoms with E-state index >= 15 is 0 Å². The summed E-state index contributed by atoms with van der Waals surface area (Å²) in [5.41, 5.74) is 8.38. The lowest BCUT2D eigenvalue weighted by atomic mass is 10.1. The van der Waals surface area contributed by atoms with Gasteiger partial charge in [0.1, 0.15) is 0 Å². The number of halogens is 1. The Hall–Kier alpha value is -0.870. The lowest BCUT2D eigenvalue weighted by Gasteiger charge is -2.03. The van der Waals surface area contributed by atoms with Crippen LogP contribution in [0.5, 0.6) is 0 Å². The topological polar surface area (TPSA) is 38.9 Å². The van der Waals surface area contributed by atoms with E-state index in [1.54, 1.807) is 11.3 Å². The van der Waals surface area contributed by atoms with E-state index in [2.05, 4.69) is 39.1 Å². The minimum atomic E-state index is 0.668. The monoisotopic (exact) mass is 308 g/mol. The molecule has 88 valence electrons. The molecule has 0 aliphatic heterocycles. The second kappa shape index (κ2) is 4.42. The first kappa shape index (κ1) is 11.2. The summed E-state index contributed by atoms with van der Waals surface area (Å²) in [4.78, 5) is 5.81. The van der Waals surface area contributed by atoms with Gasteiger partial charge in [-0.3, -0.25) is 0 Å². The SMILES string of the molecule is Nc1nc(C2CC2)c(Cc2ccccc2Br)s1. The maximum Gasteiger partial charge on any atom is 0.180 e. The van der Waals surface area contributed by atoms with Gasteiger partial charge in [0.05, 0.1) is 5.69 Å². The quantitative estimate of drug-likeness (QED) is 0.932. The number of nitrogen functional groups attached to an aromatic ring is 1. The molecule has 1 aromatic carbocycles. The first-order valence-electron chi connectivity index (χ1n) is 5.72. The van der Waals surface area contributed by atoms with Gasteiger partial charge >= 0.3 is 0 Å². The van der Waals surface area contributed by atoms with Crippen molar-refractivity contribution in [1.29, 1.82) is 0 Å². The third-order valence-corrected chi connectivity index (χ3v) is 4.69. The van der Waals surface area contributed by atoms with Crippen molar-refractivity contribution in [2.75, 3.05) is 5.73 Å². The molecule has 17 heavy (non-hydrogen) atoms. The molecule has 0 unspecified atom stereocenters. The van der Waals surface area contributed by atoms with Crippen molar-refractivity contribution in [2.24, 2.45) is 0 Å². The van der Waals surface area contributed by atoms with E-state index in [1.807, 2.05) is 6.07 Å². The highest BCUT2D eigenvalue weighted by Gasteiger charge is 2.29. The third-order valence-electron chi connectivity index (χ3n) is 3.02. The molecule has 2 N–H and O–H groups in total. The number of hydrogen-bond acceptors (Lipinski definition) is 3. The lowest BCUT2D eigenvalue weighted by molar-refractivity contribution is 1.01. The molecule has 2 aromatic rings. The Morgan fingerprint density at radius 2 is 2.12 bits per heavy atom. The highest BCUT2D eigenvalue weighted by molar-refractivity contribution is 9.10. The van der Waals surface area contributed by atoms with Crippen LogP contribution in [0.25, 0.3) is 0 Å². The summed E-state index contributed by atoms with van der Waals surface area (Å²) >= 11 is 5.22. The maximum absolute atomic E-state index is 5.83. The standard InChI is InChI=1S/C13H13BrN2S/c14-10-4-2-1-3-9(10)7-11-12(8-5-6-8)16-13(15)17-11/h1-4,8H,5-7H2,(H2,15,16). The fourth-order valence-electron chi connectivity index (χ4n) is 2.00. The molecule has 0 bridgehead atoms. The molecule has 3 rings (SSSR count). The van der Waals surface area contributed by atoms with E-state index in [9.17, 15) is 0 Å². The minimum Gasteiger partial charge on any atom is -0.375 e. The van der Waals surface area contributed by atoms with Gasteiger partial charge in [0.15, 0.2) is 5.13 Å². The molecule has 1 aliphatic rings. The van der Waals surface area contributed by atoms with Crippen LogP contribution in [0.15, 0.2) is 28.7 Å². The van der Waals surface area contributed by atoms with Crippen LogP contribution in [-0.4, -0.2) is 4.98 Å². The summed E-state index contributed by atoms with van der Waals surface area (Å²) < 4.78 is 1.16. The molecule has 1 aromatic heterocycles. The number of anilines is 1. The first-order valence-corrected chi connectivity index (χ1v) is 7.33. The van der Waals surface area contributed by atoms with E-state index in [1.165, 1.54) is 29.0 Å². The Balaban J connectivity index is 1.92. The summed E-state index contributed by atoms with van der Waals surface area (Å²) in [6, 6.07) is 8.34. The molecule has 0 radical (unpaired) electrons. The largest absolute Gasteiger partial charge is 0.375 e. The molecule has 0 saturated heterocycles. The highest BCUT2D eigenvalue weighted by atomic mass is 79.9. The van der Waals surface area contributed by atoms with Gasteiger partial charge in [0.2, 0.25) is 0 Å². The number of benzene rings is 1. The van der Waals surface area contributed by atoms with Gasteiger partial charge in [-0.05, 0) is 24.5 Å². The van der Waals surface area contributed by atoms with Crippen molar-refractivity contribution in [2.45, 2.75) is 25.2 Å². The number of nitrogens with two attached hydrogens (primary N) is 1. The van der Waals surface area contributed by atoms with Crippen molar-refractivity contribution < 1.29 is 0 Å². The fourth-order valence-corrected chi connectivity index (χ4v) is 3.37. The van der Waals surface area contributed by atoms with Crippen LogP contribution in [0, 0.1) is 0 Å². The van der Waals surface area contributed by atoms with E-state index in [-0.39, 0.29) is 0 Å². The van der Waals surface area contributed by atoms with Crippen molar-refractivity contribution in [1.82, 2.24) is 4.98 Å². The Morgan fingerprint density at radius 3 is 2.82 bits per heavy atom. The molecule has 2 nitrogen and oxygen atoms in total. The second-order valence-corrected chi connectivity index (χ2v) is 6.37. The second-order valence-electron chi connectivity index (χ2n) is 4.40. The van der Waals surface area contributed by atoms with Crippen LogP contribution in [0.2, 0.25) is 0 Å². The van der Waals surface area contributed by atoms with Gasteiger partial charge in [-0.1, -0.05) is 34.1 Å². The highest BCUT2D eigenvalue weighted by Crippen LogP contribution is 2.43. The summed E-state index contributed by atoms with van der Waals surface area (Å²) in [7, 11) is 0. The minimum absolute atomic E-state index is 0.668. The van der Waals surface area contributed by atoms with E-state index in [0.717, 1.165) is 10.9 Å². The van der Waals surface area contributed by atoms with Crippen LogP contribution in [0.1, 0.15) is 34.9 Å². The molecule has 1 aliphatic carbocycles. The Labute approximate surface area is 113 Å². The average Bonchev–Trinajstić information content (AvgIpc) is 3.07. The van der Waals surface area contributed by atoms with Crippen molar-refractivity contribution in [3.63, 3.8) is 0 Å². The van der Waals surface area contributed by atoms with E-state index < -0.39 is 0 Å². The zero-order valence-corrected chi connectivity index (χ0v) is 11.7. The zero-order valence-electron chi connectivity index (χ0n) is 9.32. The van der Waals surface area contributed by atoms with Crippen molar-refractivity contribution in [3.8, 4) is 0 Å². The van der Waals surface area contributed by atoms with E-state index in [4.69, 9.17) is 5.73 Å². The summed E-state index contributed by atoms with van der Waals surface area (Å²) in [5, 5.41) is 0.703. The molecule has 1 saturated carbocycles. The van der Waals surface area contributed by atoms with Crippen LogP contribution < -0.4 is 5.73 Å².